The summed E-state index contributed by atoms with van der Waals surface area (Å²) >= 11 is 0. The van der Waals surface area contributed by atoms with E-state index in [0.29, 0.717) is 13.1 Å². The minimum Gasteiger partial charge on any atom is -0.495 e. The first-order valence-corrected chi connectivity index (χ1v) is 10.1. The van der Waals surface area contributed by atoms with Gasteiger partial charge in [-0.1, -0.05) is 6.42 Å². The fourth-order valence-corrected chi connectivity index (χ4v) is 4.90. The van der Waals surface area contributed by atoms with Crippen LogP contribution >= 0.6 is 10.7 Å². The summed E-state index contributed by atoms with van der Waals surface area (Å²) in [5, 5.41) is 0. The van der Waals surface area contributed by atoms with Crippen LogP contribution in [0.1, 0.15) is 19.3 Å². The Hall–Kier alpha value is -0.830. The normalized spacial score (nSPS) is 17.6. The number of piperidine rings is 1. The van der Waals surface area contributed by atoms with Crippen LogP contribution in [0.25, 0.3) is 0 Å². The number of methoxy groups -OCH3 is 1. The van der Waals surface area contributed by atoms with Crippen molar-refractivity contribution in [2.75, 3.05) is 20.2 Å². The zero-order valence-corrected chi connectivity index (χ0v) is 13.8. The van der Waals surface area contributed by atoms with Crippen LogP contribution in [-0.4, -0.2) is 41.3 Å². The molecule has 0 radical (unpaired) electrons. The van der Waals surface area contributed by atoms with Crippen molar-refractivity contribution in [2.24, 2.45) is 0 Å². The molecule has 1 heterocycles. The van der Waals surface area contributed by atoms with Crippen molar-refractivity contribution in [3.63, 3.8) is 0 Å². The molecule has 9 heteroatoms. The van der Waals surface area contributed by atoms with E-state index in [1.54, 1.807) is 0 Å². The Labute approximate surface area is 129 Å². The van der Waals surface area contributed by atoms with Crippen LogP contribution < -0.4 is 4.74 Å². The second kappa shape index (κ2) is 6.12. The van der Waals surface area contributed by atoms with Gasteiger partial charge in [0.15, 0.2) is 0 Å². The van der Waals surface area contributed by atoms with E-state index in [4.69, 9.17) is 15.4 Å². The van der Waals surface area contributed by atoms with Crippen LogP contribution in [0.5, 0.6) is 5.75 Å². The van der Waals surface area contributed by atoms with Crippen molar-refractivity contribution >= 4 is 29.8 Å². The fraction of sp³-hybridized carbons (Fsp3) is 0.500. The molecule has 0 aliphatic carbocycles. The van der Waals surface area contributed by atoms with E-state index in [1.165, 1.54) is 23.5 Å². The Kier molecular flexibility index (Phi) is 4.82. The number of benzene rings is 1. The molecule has 1 aromatic carbocycles. The van der Waals surface area contributed by atoms with E-state index >= 15 is 0 Å². The highest BCUT2D eigenvalue weighted by Crippen LogP contribution is 2.31. The van der Waals surface area contributed by atoms with Crippen LogP contribution in [0, 0.1) is 0 Å². The molecule has 0 saturated carbocycles. The third-order valence-corrected chi connectivity index (χ3v) is 6.59. The number of halogens is 1. The molecule has 0 bridgehead atoms. The molecule has 2 rings (SSSR count). The number of hydrogen-bond acceptors (Lipinski definition) is 5. The minimum atomic E-state index is -4.09. The summed E-state index contributed by atoms with van der Waals surface area (Å²) in [5.74, 6) is 0.0163. The zero-order valence-electron chi connectivity index (χ0n) is 11.5. The van der Waals surface area contributed by atoms with Crippen LogP contribution in [0.15, 0.2) is 28.0 Å². The van der Waals surface area contributed by atoms with Crippen LogP contribution in [0.3, 0.4) is 0 Å². The van der Waals surface area contributed by atoms with E-state index in [0.717, 1.165) is 25.3 Å². The molecule has 0 aromatic heterocycles. The molecule has 21 heavy (non-hydrogen) atoms. The van der Waals surface area contributed by atoms with Crippen LogP contribution in [0.2, 0.25) is 0 Å². The summed E-state index contributed by atoms with van der Waals surface area (Å²) in [6.07, 6.45) is 2.60. The monoisotopic (exact) mass is 353 g/mol. The molecule has 1 saturated heterocycles. The summed E-state index contributed by atoms with van der Waals surface area (Å²) in [4.78, 5) is -0.436. The first kappa shape index (κ1) is 16.5. The third-order valence-electron chi connectivity index (χ3n) is 3.35. The second-order valence-electron chi connectivity index (χ2n) is 4.72. The van der Waals surface area contributed by atoms with Crippen molar-refractivity contribution in [1.29, 1.82) is 0 Å². The van der Waals surface area contributed by atoms with Gasteiger partial charge in [-0.3, -0.25) is 0 Å². The predicted octanol–water partition coefficient (Wildman–Crippen LogP) is 1.80. The van der Waals surface area contributed by atoms with E-state index in [2.05, 4.69) is 0 Å². The number of nitrogens with zero attached hydrogens (tertiary/aromatic N) is 1. The zero-order chi connectivity index (χ0) is 15.7. The molecular weight excluding hydrogens is 338 g/mol. The number of rotatable bonds is 4. The first-order valence-electron chi connectivity index (χ1n) is 6.39. The Balaban J connectivity index is 2.49. The number of sulfonamides is 1. The Morgan fingerprint density at radius 2 is 1.71 bits per heavy atom. The van der Waals surface area contributed by atoms with E-state index in [9.17, 15) is 16.8 Å². The van der Waals surface area contributed by atoms with Gasteiger partial charge >= 0.3 is 0 Å². The van der Waals surface area contributed by atoms with Gasteiger partial charge in [0.25, 0.3) is 9.05 Å². The van der Waals surface area contributed by atoms with Gasteiger partial charge in [-0.25, -0.2) is 16.8 Å². The van der Waals surface area contributed by atoms with E-state index in [-0.39, 0.29) is 15.5 Å². The van der Waals surface area contributed by atoms with Gasteiger partial charge < -0.3 is 4.74 Å². The number of ether oxygens (including phenoxy) is 1. The summed E-state index contributed by atoms with van der Waals surface area (Å²) in [6.45, 7) is 0.884. The Morgan fingerprint density at radius 1 is 1.10 bits per heavy atom. The van der Waals surface area contributed by atoms with Crippen molar-refractivity contribution < 1.29 is 21.6 Å². The summed E-state index contributed by atoms with van der Waals surface area (Å²) in [7, 11) is -1.18. The summed E-state index contributed by atoms with van der Waals surface area (Å²) < 4.78 is 54.4. The molecule has 6 nitrogen and oxygen atoms in total. The molecule has 1 aliphatic heterocycles. The van der Waals surface area contributed by atoms with Gasteiger partial charge in [0.1, 0.15) is 10.6 Å². The van der Waals surface area contributed by atoms with Gasteiger partial charge in [0, 0.05) is 23.8 Å². The molecule has 1 aromatic rings. The topological polar surface area (TPSA) is 80.8 Å². The van der Waals surface area contributed by atoms with Crippen molar-refractivity contribution in [3.05, 3.63) is 18.2 Å². The average molecular weight is 354 g/mol. The van der Waals surface area contributed by atoms with Gasteiger partial charge in [-0.2, -0.15) is 4.31 Å². The lowest BCUT2D eigenvalue weighted by Gasteiger charge is -2.26. The van der Waals surface area contributed by atoms with E-state index < -0.39 is 19.1 Å². The van der Waals surface area contributed by atoms with Gasteiger partial charge in [-0.05, 0) is 31.0 Å². The smallest absolute Gasteiger partial charge is 0.265 e. The average Bonchev–Trinajstić information content (AvgIpc) is 2.46. The van der Waals surface area contributed by atoms with Crippen molar-refractivity contribution in [1.82, 2.24) is 4.31 Å². The maximum absolute atomic E-state index is 12.5. The van der Waals surface area contributed by atoms with E-state index in [1.807, 2.05) is 0 Å². The highest BCUT2D eigenvalue weighted by atomic mass is 35.7. The quantitative estimate of drug-likeness (QED) is 0.771. The maximum atomic E-state index is 12.5. The number of hydrogen-bond donors (Lipinski definition) is 0. The molecule has 0 amide bonds. The Morgan fingerprint density at radius 3 is 2.24 bits per heavy atom. The van der Waals surface area contributed by atoms with Crippen molar-refractivity contribution in [3.8, 4) is 5.75 Å². The molecule has 0 atom stereocenters. The standard InChI is InChI=1S/C12H16ClNO5S2/c1-19-11-6-5-10(9-12(11)20(13,15)16)21(17,18)14-7-3-2-4-8-14/h5-6,9H,2-4,7-8H2,1H3. The molecule has 0 unspecified atom stereocenters. The van der Waals surface area contributed by atoms with Crippen molar-refractivity contribution in [2.45, 2.75) is 29.1 Å². The highest BCUT2D eigenvalue weighted by molar-refractivity contribution is 8.13. The van der Waals surface area contributed by atoms with Crippen LogP contribution in [0.4, 0.5) is 0 Å². The van der Waals surface area contributed by atoms with Gasteiger partial charge in [0.2, 0.25) is 10.0 Å². The molecule has 118 valence electrons. The lowest BCUT2D eigenvalue weighted by molar-refractivity contribution is 0.346. The largest absolute Gasteiger partial charge is 0.495 e. The Bertz CT molecular complexity index is 724. The fourth-order valence-electron chi connectivity index (χ4n) is 2.26. The molecule has 0 spiro atoms. The SMILES string of the molecule is COc1ccc(S(=O)(=O)N2CCCCC2)cc1S(=O)(=O)Cl. The predicted molar refractivity (Wildman–Crippen MR) is 78.6 cm³/mol. The molecule has 0 N–H and O–H groups in total. The van der Waals surface area contributed by atoms with Gasteiger partial charge in [0.05, 0.1) is 12.0 Å². The highest BCUT2D eigenvalue weighted by Gasteiger charge is 2.28. The molecular formula is C12H16ClNO5S2. The lowest BCUT2D eigenvalue weighted by atomic mass is 10.2. The third kappa shape index (κ3) is 3.50. The van der Waals surface area contributed by atoms with Gasteiger partial charge in [-0.15, -0.1) is 0 Å². The maximum Gasteiger partial charge on any atom is 0.265 e. The minimum absolute atomic E-state index is 0.0163. The second-order valence-corrected chi connectivity index (χ2v) is 9.19. The first-order chi connectivity index (χ1) is 9.76. The summed E-state index contributed by atoms with van der Waals surface area (Å²) in [5.41, 5.74) is 0. The van der Waals surface area contributed by atoms with Crippen LogP contribution in [-0.2, 0) is 19.1 Å². The summed E-state index contributed by atoms with van der Waals surface area (Å²) in [6, 6.07) is 3.67. The lowest BCUT2D eigenvalue weighted by Crippen LogP contribution is -2.35. The molecule has 1 fully saturated rings. The molecule has 1 aliphatic rings.